The Hall–Kier alpha value is -3.52. The summed E-state index contributed by atoms with van der Waals surface area (Å²) in [7, 11) is 0. The summed E-state index contributed by atoms with van der Waals surface area (Å²) < 4.78 is 2.28. The van der Waals surface area contributed by atoms with E-state index < -0.39 is 0 Å². The van der Waals surface area contributed by atoms with Crippen molar-refractivity contribution >= 4 is 38.7 Å². The summed E-state index contributed by atoms with van der Waals surface area (Å²) in [5.41, 5.74) is 11.2. The number of nitrogen functional groups attached to an aromatic ring is 1. The molecular weight excluding hydrogens is 492 g/mol. The molecule has 1 fully saturated rings. The first kappa shape index (κ1) is 22.3. The van der Waals surface area contributed by atoms with Crippen LogP contribution in [-0.2, 0) is 11.2 Å². The maximum Gasteiger partial charge on any atom is 0.260 e. The lowest BCUT2D eigenvalue weighted by molar-refractivity contribution is -0.127. The zero-order valence-corrected chi connectivity index (χ0v) is 20.3. The number of halogens is 1. The van der Waals surface area contributed by atoms with Crippen LogP contribution in [0.3, 0.4) is 0 Å². The number of hydrogen-bond acceptors (Lipinski definition) is 5. The van der Waals surface area contributed by atoms with Crippen molar-refractivity contribution in [3.63, 3.8) is 0 Å². The fraction of sp³-hybridized carbons (Fsp3) is 0.231. The number of carbonyl (C=O) groups excluding carboxylic acids is 1. The molecule has 7 nitrogen and oxygen atoms in total. The highest BCUT2D eigenvalue weighted by Crippen LogP contribution is 2.34. The summed E-state index contributed by atoms with van der Waals surface area (Å²) in [5.74, 6) is 0.307. The van der Waals surface area contributed by atoms with Crippen molar-refractivity contribution in [3.8, 4) is 11.3 Å². The Bertz CT molecular complexity index is 1350. The number of amides is 1. The van der Waals surface area contributed by atoms with Crippen LogP contribution in [0.4, 0.5) is 5.82 Å². The van der Waals surface area contributed by atoms with E-state index in [1.807, 2.05) is 10.7 Å². The molecule has 0 aliphatic carbocycles. The van der Waals surface area contributed by atoms with Gasteiger partial charge in [0.05, 0.1) is 15.9 Å². The van der Waals surface area contributed by atoms with Crippen LogP contribution in [0.1, 0.15) is 30.0 Å². The van der Waals surface area contributed by atoms with Gasteiger partial charge in [0.2, 0.25) is 0 Å². The molecule has 0 bridgehead atoms. The second kappa shape index (κ2) is 9.38. The van der Waals surface area contributed by atoms with E-state index in [2.05, 4.69) is 81.0 Å². The van der Waals surface area contributed by atoms with Crippen molar-refractivity contribution in [2.24, 2.45) is 0 Å². The predicted molar refractivity (Wildman–Crippen MR) is 137 cm³/mol. The maximum atomic E-state index is 12.5. The van der Waals surface area contributed by atoms with Crippen LogP contribution in [0.2, 0.25) is 0 Å². The maximum absolute atomic E-state index is 12.5. The highest BCUT2D eigenvalue weighted by molar-refractivity contribution is 9.12. The molecule has 34 heavy (non-hydrogen) atoms. The zero-order chi connectivity index (χ0) is 23.7. The Balaban J connectivity index is 1.49. The number of rotatable bonds is 5. The Morgan fingerprint density at radius 3 is 2.56 bits per heavy atom. The van der Waals surface area contributed by atoms with E-state index in [-0.39, 0.29) is 11.9 Å². The minimum absolute atomic E-state index is 0.00699. The number of nitrogens with zero attached hydrogens (tertiary/aromatic N) is 5. The van der Waals surface area contributed by atoms with Gasteiger partial charge in [-0.3, -0.25) is 4.79 Å². The van der Waals surface area contributed by atoms with E-state index >= 15 is 0 Å². The largest absolute Gasteiger partial charge is 0.383 e. The second-order valence-corrected chi connectivity index (χ2v) is 9.52. The number of benzene rings is 2. The van der Waals surface area contributed by atoms with Crippen LogP contribution in [0.15, 0.2) is 72.0 Å². The minimum Gasteiger partial charge on any atom is -0.383 e. The number of anilines is 1. The summed E-state index contributed by atoms with van der Waals surface area (Å²) in [5, 5.41) is 5.70. The highest BCUT2D eigenvalue weighted by atomic mass is 79.9. The summed E-state index contributed by atoms with van der Waals surface area (Å²) in [6, 6.07) is 18.8. The van der Waals surface area contributed by atoms with E-state index in [9.17, 15) is 4.79 Å². The molecule has 1 amide bonds. The van der Waals surface area contributed by atoms with Crippen LogP contribution in [0, 0.1) is 0 Å². The molecule has 1 aliphatic rings. The molecule has 5 rings (SSSR count). The van der Waals surface area contributed by atoms with E-state index in [0.717, 1.165) is 35.9 Å². The predicted octanol–water partition coefficient (Wildman–Crippen LogP) is 4.74. The molecule has 4 aromatic rings. The third-order valence-corrected chi connectivity index (χ3v) is 6.60. The quantitative estimate of drug-likeness (QED) is 0.387. The second-order valence-electron chi connectivity index (χ2n) is 8.56. The average Bonchev–Trinajstić information content (AvgIpc) is 3.26. The first-order chi connectivity index (χ1) is 16.5. The fourth-order valence-corrected chi connectivity index (χ4v) is 4.83. The molecule has 1 saturated heterocycles. The molecule has 2 aromatic carbocycles. The average molecular weight is 517 g/mol. The SMILES string of the molecule is C=C(Br)C(=O)N1CCC[C@@H](n2nc(-c3ccc(Cc4ccccc4)cc3)c3c(N)ncnc32)C1. The number of fused-ring (bicyclic) bond motifs is 1. The third-order valence-electron chi connectivity index (χ3n) is 6.26. The van der Waals surface area contributed by atoms with E-state index in [1.165, 1.54) is 17.5 Å². The number of likely N-dealkylation sites (tertiary alicyclic amines) is 1. The number of nitrogens with two attached hydrogens (primary N) is 1. The topological polar surface area (TPSA) is 89.9 Å². The Labute approximate surface area is 206 Å². The van der Waals surface area contributed by atoms with Gasteiger partial charge in [-0.25, -0.2) is 14.6 Å². The van der Waals surface area contributed by atoms with Crippen LogP contribution >= 0.6 is 15.9 Å². The summed E-state index contributed by atoms with van der Waals surface area (Å²) in [4.78, 5) is 23.0. The van der Waals surface area contributed by atoms with Crippen molar-refractivity contribution in [1.82, 2.24) is 24.6 Å². The summed E-state index contributed by atoms with van der Waals surface area (Å²) >= 11 is 3.22. The molecule has 2 aromatic heterocycles. The standard InChI is InChI=1S/C26H25BrN6O/c1-17(27)26(34)32-13-5-8-21(15-32)33-25-22(24(28)29-16-30-25)23(31-33)20-11-9-19(10-12-20)14-18-6-3-2-4-7-18/h2-4,6-7,9-12,16,21H,1,5,8,13-15H2,(H2,28,29,30)/t21-/m1/s1. The molecule has 0 unspecified atom stereocenters. The molecule has 3 heterocycles. The molecular formula is C26H25BrN6O. The lowest BCUT2D eigenvalue weighted by Gasteiger charge is -2.32. The van der Waals surface area contributed by atoms with Crippen molar-refractivity contribution in [1.29, 1.82) is 0 Å². The lowest BCUT2D eigenvalue weighted by Crippen LogP contribution is -2.41. The van der Waals surface area contributed by atoms with E-state index in [0.29, 0.717) is 29.0 Å². The Morgan fingerprint density at radius 1 is 1.09 bits per heavy atom. The Morgan fingerprint density at radius 2 is 1.82 bits per heavy atom. The smallest absolute Gasteiger partial charge is 0.260 e. The van der Waals surface area contributed by atoms with Crippen molar-refractivity contribution in [2.75, 3.05) is 18.8 Å². The molecule has 1 atom stereocenters. The van der Waals surface area contributed by atoms with Gasteiger partial charge < -0.3 is 10.6 Å². The number of hydrogen-bond donors (Lipinski definition) is 1. The van der Waals surface area contributed by atoms with Gasteiger partial charge in [0, 0.05) is 18.7 Å². The van der Waals surface area contributed by atoms with Gasteiger partial charge in [0.25, 0.3) is 5.91 Å². The van der Waals surface area contributed by atoms with Gasteiger partial charge in [0.15, 0.2) is 5.65 Å². The molecule has 1 aliphatic heterocycles. The van der Waals surface area contributed by atoms with Crippen LogP contribution in [-0.4, -0.2) is 43.6 Å². The van der Waals surface area contributed by atoms with E-state index in [1.54, 1.807) is 4.90 Å². The summed E-state index contributed by atoms with van der Waals surface area (Å²) in [6.07, 6.45) is 4.11. The number of carbonyl (C=O) groups is 1. The molecule has 172 valence electrons. The van der Waals surface area contributed by atoms with Crippen LogP contribution in [0.5, 0.6) is 0 Å². The molecule has 8 heteroatoms. The minimum atomic E-state index is -0.0930. The fourth-order valence-electron chi connectivity index (χ4n) is 4.57. The monoisotopic (exact) mass is 516 g/mol. The van der Waals surface area contributed by atoms with Gasteiger partial charge >= 0.3 is 0 Å². The van der Waals surface area contributed by atoms with Crippen molar-refractivity contribution in [2.45, 2.75) is 25.3 Å². The van der Waals surface area contributed by atoms with Crippen LogP contribution < -0.4 is 5.73 Å². The van der Waals surface area contributed by atoms with Gasteiger partial charge in [0.1, 0.15) is 17.8 Å². The number of piperidine rings is 1. The Kier molecular flexibility index (Phi) is 6.15. The molecule has 0 spiro atoms. The normalized spacial score (nSPS) is 16.0. The van der Waals surface area contributed by atoms with Gasteiger partial charge in [-0.2, -0.15) is 5.10 Å². The lowest BCUT2D eigenvalue weighted by atomic mass is 10.0. The van der Waals surface area contributed by atoms with Gasteiger partial charge in [-0.1, -0.05) is 61.2 Å². The van der Waals surface area contributed by atoms with Gasteiger partial charge in [-0.05, 0) is 46.3 Å². The van der Waals surface area contributed by atoms with Crippen molar-refractivity contribution < 1.29 is 4.79 Å². The van der Waals surface area contributed by atoms with Crippen LogP contribution in [0.25, 0.3) is 22.3 Å². The van der Waals surface area contributed by atoms with Gasteiger partial charge in [-0.15, -0.1) is 0 Å². The zero-order valence-electron chi connectivity index (χ0n) is 18.7. The van der Waals surface area contributed by atoms with Crippen molar-refractivity contribution in [3.05, 3.63) is 83.1 Å². The number of aromatic nitrogens is 4. The summed E-state index contributed by atoms with van der Waals surface area (Å²) in [6.45, 7) is 4.97. The highest BCUT2D eigenvalue weighted by Gasteiger charge is 2.29. The first-order valence-electron chi connectivity index (χ1n) is 11.3. The molecule has 0 saturated carbocycles. The molecule has 2 N–H and O–H groups in total. The first-order valence-corrected chi connectivity index (χ1v) is 12.1. The third kappa shape index (κ3) is 4.33. The molecule has 0 radical (unpaired) electrons. The van der Waals surface area contributed by atoms with E-state index in [4.69, 9.17) is 10.8 Å².